The minimum absolute atomic E-state index is 0.130. The third-order valence-electron chi connectivity index (χ3n) is 2.97. The van der Waals surface area contributed by atoms with Gasteiger partial charge >= 0.3 is 5.69 Å². The lowest BCUT2D eigenvalue weighted by Crippen LogP contribution is -2.33. The number of rotatable bonds is 4. The molecule has 1 aliphatic rings. The zero-order chi connectivity index (χ0) is 14.9. The van der Waals surface area contributed by atoms with Crippen LogP contribution in [0.5, 0.6) is 0 Å². The van der Waals surface area contributed by atoms with Crippen molar-refractivity contribution in [3.63, 3.8) is 0 Å². The van der Waals surface area contributed by atoms with E-state index in [0.717, 1.165) is 0 Å². The highest BCUT2D eigenvalue weighted by atomic mass is 32.9. The van der Waals surface area contributed by atoms with E-state index in [4.69, 9.17) is 9.26 Å². The molecule has 0 amide bonds. The molecule has 10 heteroatoms. The van der Waals surface area contributed by atoms with Gasteiger partial charge < -0.3 is 14.2 Å². The molecule has 1 aliphatic heterocycles. The third kappa shape index (κ3) is 4.03. The van der Waals surface area contributed by atoms with E-state index in [1.807, 2.05) is 0 Å². The van der Waals surface area contributed by atoms with Gasteiger partial charge in [-0.15, -0.1) is 0 Å². The lowest BCUT2D eigenvalue weighted by Gasteiger charge is -2.17. The van der Waals surface area contributed by atoms with Gasteiger partial charge in [0.05, 0.1) is 12.7 Å². The van der Waals surface area contributed by atoms with Crippen molar-refractivity contribution in [2.45, 2.75) is 32.1 Å². The average Bonchev–Trinajstić information content (AvgIpc) is 2.79. The van der Waals surface area contributed by atoms with E-state index in [-0.39, 0.29) is 12.7 Å². The van der Waals surface area contributed by atoms with Crippen molar-refractivity contribution in [2.75, 3.05) is 6.61 Å². The van der Waals surface area contributed by atoms with E-state index in [9.17, 15) is 14.5 Å². The molecule has 0 aromatic carbocycles. The number of aryl methyl sites for hydroxylation is 1. The highest BCUT2D eigenvalue weighted by Gasteiger charge is 2.28. The normalized spacial score (nSPS) is 25.6. The Hall–Kier alpha value is -0.440. The van der Waals surface area contributed by atoms with Crippen LogP contribution in [0.25, 0.3) is 0 Å². The molecule has 0 aliphatic carbocycles. The standard InChI is InChI=1S/C10H15N2O5PS2/c1-6-4-12(10(14)11-9(6)13)8-3-2-7(17-8)5-16-18(15,19)20/h4,7-8H,2-3,5H2,1H3,(H,11,13,14)(H2,15,19,20)/t7-,8+/m0/s1. The van der Waals surface area contributed by atoms with E-state index < -0.39 is 23.2 Å². The molecule has 1 unspecified atom stereocenters. The molecule has 20 heavy (non-hydrogen) atoms. The Bertz CT molecular complexity index is 652. The zero-order valence-electron chi connectivity index (χ0n) is 10.7. The van der Waals surface area contributed by atoms with Crippen molar-refractivity contribution >= 4 is 29.7 Å². The molecule has 1 saturated heterocycles. The second kappa shape index (κ2) is 6.13. The molecule has 1 aromatic rings. The summed E-state index contributed by atoms with van der Waals surface area (Å²) >= 11 is 8.42. The van der Waals surface area contributed by atoms with E-state index in [0.29, 0.717) is 18.4 Å². The minimum atomic E-state index is -3.00. The number of aromatic amines is 1. The molecule has 2 heterocycles. The van der Waals surface area contributed by atoms with Gasteiger partial charge in [-0.05, 0) is 31.6 Å². The van der Waals surface area contributed by atoms with Crippen molar-refractivity contribution in [1.82, 2.24) is 9.55 Å². The minimum Gasteiger partial charge on any atom is -0.352 e. The quantitative estimate of drug-likeness (QED) is 0.552. The number of nitrogens with one attached hydrogen (secondary N) is 1. The van der Waals surface area contributed by atoms with Crippen LogP contribution in [0.15, 0.2) is 15.8 Å². The molecule has 0 radical (unpaired) electrons. The zero-order valence-corrected chi connectivity index (χ0v) is 13.3. The maximum absolute atomic E-state index is 11.7. The first-order chi connectivity index (χ1) is 9.26. The summed E-state index contributed by atoms with van der Waals surface area (Å²) < 4.78 is 12.1. The molecular formula is C10H15N2O5PS2. The van der Waals surface area contributed by atoms with Crippen LogP contribution in [0, 0.1) is 6.92 Å². The Morgan fingerprint density at radius 2 is 2.35 bits per heavy atom. The molecule has 0 spiro atoms. The summed E-state index contributed by atoms with van der Waals surface area (Å²) in [6, 6.07) is 0. The molecule has 0 saturated carbocycles. The Morgan fingerprint density at radius 3 is 3.00 bits per heavy atom. The Kier molecular flexibility index (Phi) is 4.88. The highest BCUT2D eigenvalue weighted by Crippen LogP contribution is 2.47. The smallest absolute Gasteiger partial charge is 0.330 e. The van der Waals surface area contributed by atoms with Crippen LogP contribution in [0.3, 0.4) is 0 Å². The summed E-state index contributed by atoms with van der Waals surface area (Å²) in [6.45, 7) is 1.75. The largest absolute Gasteiger partial charge is 0.352 e. The van der Waals surface area contributed by atoms with Gasteiger partial charge in [0.2, 0.25) is 5.69 Å². The van der Waals surface area contributed by atoms with E-state index >= 15 is 0 Å². The lowest BCUT2D eigenvalue weighted by molar-refractivity contribution is -0.0193. The fraction of sp³-hybridized carbons (Fsp3) is 0.600. The van der Waals surface area contributed by atoms with Crippen molar-refractivity contribution in [3.8, 4) is 0 Å². The number of hydrogen-bond acceptors (Lipinski definition) is 5. The van der Waals surface area contributed by atoms with Gasteiger partial charge in [-0.25, -0.2) is 4.79 Å². The number of nitrogens with zero attached hydrogens (tertiary/aromatic N) is 1. The fourth-order valence-electron chi connectivity index (χ4n) is 1.99. The van der Waals surface area contributed by atoms with Gasteiger partial charge in [0, 0.05) is 11.8 Å². The Labute approximate surface area is 125 Å². The van der Waals surface area contributed by atoms with Gasteiger partial charge in [0.15, 0.2) is 0 Å². The summed E-state index contributed by atoms with van der Waals surface area (Å²) in [4.78, 5) is 34.6. The number of aromatic nitrogens is 2. The van der Waals surface area contributed by atoms with E-state index in [2.05, 4.69) is 29.0 Å². The number of ether oxygens (including phenoxy) is 1. The summed E-state index contributed by atoms with van der Waals surface area (Å²) in [5.74, 6) is 0. The van der Waals surface area contributed by atoms with Gasteiger partial charge in [-0.1, -0.05) is 12.2 Å². The average molecular weight is 338 g/mol. The molecular weight excluding hydrogens is 323 g/mol. The number of hydrogen-bond donors (Lipinski definition) is 3. The first kappa shape index (κ1) is 15.9. The number of H-pyrrole nitrogens is 1. The van der Waals surface area contributed by atoms with E-state index in [1.165, 1.54) is 10.8 Å². The molecule has 0 bridgehead atoms. The molecule has 7 nitrogen and oxygen atoms in total. The van der Waals surface area contributed by atoms with E-state index in [1.54, 1.807) is 6.92 Å². The second-order valence-corrected chi connectivity index (χ2v) is 9.72. The molecule has 1 aromatic heterocycles. The summed E-state index contributed by atoms with van der Waals surface area (Å²) in [6.07, 6.45) is 2.03. The second-order valence-electron chi connectivity index (χ2n) is 4.56. The third-order valence-corrected chi connectivity index (χ3v) is 4.12. The maximum Gasteiger partial charge on any atom is 0.330 e. The van der Waals surface area contributed by atoms with Crippen LogP contribution in [0.4, 0.5) is 0 Å². The maximum atomic E-state index is 11.7. The van der Waals surface area contributed by atoms with Crippen molar-refractivity contribution in [3.05, 3.63) is 32.6 Å². The molecule has 2 rings (SSSR count). The topological polar surface area (TPSA) is 93.6 Å². The Morgan fingerprint density at radius 1 is 1.65 bits per heavy atom. The van der Waals surface area contributed by atoms with Crippen LogP contribution in [0.1, 0.15) is 24.6 Å². The van der Waals surface area contributed by atoms with Crippen LogP contribution >= 0.6 is 17.9 Å². The monoisotopic (exact) mass is 338 g/mol. The first-order valence-corrected chi connectivity index (χ1v) is 9.76. The van der Waals surface area contributed by atoms with Crippen molar-refractivity contribution < 1.29 is 14.2 Å². The van der Waals surface area contributed by atoms with Crippen molar-refractivity contribution in [2.24, 2.45) is 0 Å². The van der Waals surface area contributed by atoms with Gasteiger partial charge in [0.25, 0.3) is 5.56 Å². The first-order valence-electron chi connectivity index (χ1n) is 5.94. The summed E-state index contributed by atoms with van der Waals surface area (Å²) in [5, 5.41) is 0. The highest BCUT2D eigenvalue weighted by molar-refractivity contribution is 8.59. The molecule has 2 N–H and O–H groups in total. The molecule has 3 atom stereocenters. The predicted octanol–water partition coefficient (Wildman–Crippen LogP) is 0.686. The summed E-state index contributed by atoms with van der Waals surface area (Å²) in [5.41, 5.74) is -3.47. The lowest BCUT2D eigenvalue weighted by atomic mass is 10.2. The van der Waals surface area contributed by atoms with Crippen LogP contribution in [-0.4, -0.2) is 27.2 Å². The van der Waals surface area contributed by atoms with Gasteiger partial charge in [0.1, 0.15) is 6.23 Å². The molecule has 1 fully saturated rings. The SMILES string of the molecule is Cc1cn([C@H]2CC[C@@H](COP(O)(=S)S)O2)c(=O)[nH]c1=O. The summed E-state index contributed by atoms with van der Waals surface area (Å²) in [7, 11) is 0. The predicted molar refractivity (Wildman–Crippen MR) is 80.6 cm³/mol. The van der Waals surface area contributed by atoms with Crippen LogP contribution < -0.4 is 11.2 Å². The van der Waals surface area contributed by atoms with Gasteiger partial charge in [-0.3, -0.25) is 14.3 Å². The number of thiol groups is 1. The van der Waals surface area contributed by atoms with Crippen molar-refractivity contribution in [1.29, 1.82) is 0 Å². The van der Waals surface area contributed by atoms with Crippen LogP contribution in [0.2, 0.25) is 0 Å². The molecule has 112 valence electrons. The van der Waals surface area contributed by atoms with Gasteiger partial charge in [-0.2, -0.15) is 0 Å². The Balaban J connectivity index is 2.06. The van der Waals surface area contributed by atoms with Crippen LogP contribution in [-0.2, 0) is 21.1 Å². The fourth-order valence-corrected chi connectivity index (χ4v) is 2.74.